The molecule has 0 aliphatic carbocycles. The second-order valence-corrected chi connectivity index (χ2v) is 8.21. The van der Waals surface area contributed by atoms with E-state index >= 15 is 0 Å². The van der Waals surface area contributed by atoms with Crippen molar-refractivity contribution in [3.8, 4) is 11.5 Å². The number of aryl methyl sites for hydroxylation is 1. The normalized spacial score (nSPS) is 15.2. The topological polar surface area (TPSA) is 67.9 Å². The molecule has 1 fully saturated rings. The minimum Gasteiger partial charge on any atom is -0.493 e. The minimum absolute atomic E-state index is 0.0433. The summed E-state index contributed by atoms with van der Waals surface area (Å²) in [6.45, 7) is 5.73. The van der Waals surface area contributed by atoms with E-state index in [2.05, 4.69) is 5.32 Å². The van der Waals surface area contributed by atoms with Crippen LogP contribution in [-0.4, -0.2) is 43.5 Å². The van der Waals surface area contributed by atoms with E-state index in [9.17, 15) is 9.59 Å². The Hall–Kier alpha value is -3.02. The van der Waals surface area contributed by atoms with Gasteiger partial charge in [0.2, 0.25) is 11.8 Å². The molecule has 1 N–H and O–H groups in total. The predicted octanol–water partition coefficient (Wildman–Crippen LogP) is 4.14. The Kier molecular flexibility index (Phi) is 8.54. The summed E-state index contributed by atoms with van der Waals surface area (Å²) < 4.78 is 11.0. The highest BCUT2D eigenvalue weighted by Crippen LogP contribution is 2.30. The van der Waals surface area contributed by atoms with E-state index in [0.29, 0.717) is 50.5 Å². The lowest BCUT2D eigenvalue weighted by atomic mass is 9.94. The van der Waals surface area contributed by atoms with Crippen LogP contribution in [0.4, 0.5) is 0 Å². The van der Waals surface area contributed by atoms with E-state index in [4.69, 9.17) is 9.47 Å². The Balaban J connectivity index is 1.47. The average molecular weight is 439 g/mol. The number of hydrogen-bond acceptors (Lipinski definition) is 4. The van der Waals surface area contributed by atoms with Crippen LogP contribution < -0.4 is 14.8 Å². The molecule has 172 valence electrons. The van der Waals surface area contributed by atoms with Crippen LogP contribution in [0, 0.1) is 5.92 Å². The summed E-state index contributed by atoms with van der Waals surface area (Å²) in [7, 11) is 1.61. The molecule has 1 unspecified atom stereocenters. The highest BCUT2D eigenvalue weighted by Gasteiger charge is 2.28. The first-order valence-corrected chi connectivity index (χ1v) is 11.4. The van der Waals surface area contributed by atoms with Gasteiger partial charge in [0, 0.05) is 25.4 Å². The molecule has 0 saturated carbocycles. The Morgan fingerprint density at radius 3 is 2.47 bits per heavy atom. The fourth-order valence-corrected chi connectivity index (χ4v) is 4.09. The number of carbonyl (C=O) groups is 2. The molecule has 0 radical (unpaired) electrons. The van der Waals surface area contributed by atoms with E-state index in [1.807, 2.05) is 67.3 Å². The van der Waals surface area contributed by atoms with Crippen molar-refractivity contribution < 1.29 is 19.1 Å². The summed E-state index contributed by atoms with van der Waals surface area (Å²) in [6.07, 6.45) is 2.66. The van der Waals surface area contributed by atoms with Gasteiger partial charge in [0.1, 0.15) is 0 Å². The van der Waals surface area contributed by atoms with Crippen molar-refractivity contribution in [2.75, 3.05) is 26.8 Å². The summed E-state index contributed by atoms with van der Waals surface area (Å²) >= 11 is 0. The third-order valence-corrected chi connectivity index (χ3v) is 6.04. The molecule has 0 bridgehead atoms. The molecule has 1 saturated heterocycles. The average Bonchev–Trinajstić information content (AvgIpc) is 2.83. The number of ether oxygens (including phenoxy) is 2. The second kappa shape index (κ2) is 11.6. The van der Waals surface area contributed by atoms with Gasteiger partial charge in [0.05, 0.1) is 19.8 Å². The van der Waals surface area contributed by atoms with Gasteiger partial charge in [0.15, 0.2) is 11.5 Å². The monoisotopic (exact) mass is 438 g/mol. The van der Waals surface area contributed by atoms with Crippen molar-refractivity contribution in [2.24, 2.45) is 5.92 Å². The Bertz CT molecular complexity index is 892. The molecule has 1 heterocycles. The summed E-state index contributed by atoms with van der Waals surface area (Å²) in [5.41, 5.74) is 2.14. The second-order valence-electron chi connectivity index (χ2n) is 8.21. The van der Waals surface area contributed by atoms with Crippen LogP contribution in [0.3, 0.4) is 0 Å². The molecule has 1 aliphatic rings. The van der Waals surface area contributed by atoms with Gasteiger partial charge >= 0.3 is 0 Å². The zero-order chi connectivity index (χ0) is 22.9. The lowest BCUT2D eigenvalue weighted by Gasteiger charge is -2.32. The van der Waals surface area contributed by atoms with Crippen molar-refractivity contribution in [1.82, 2.24) is 10.2 Å². The number of likely N-dealkylation sites (tertiary alicyclic amines) is 1. The maximum atomic E-state index is 12.8. The Labute approximate surface area is 190 Å². The Morgan fingerprint density at radius 1 is 1.09 bits per heavy atom. The largest absolute Gasteiger partial charge is 0.493 e. The van der Waals surface area contributed by atoms with Gasteiger partial charge in [-0.1, -0.05) is 36.4 Å². The molecule has 2 aromatic carbocycles. The molecule has 3 rings (SSSR count). The molecule has 32 heavy (non-hydrogen) atoms. The highest BCUT2D eigenvalue weighted by atomic mass is 16.5. The Morgan fingerprint density at radius 2 is 1.81 bits per heavy atom. The van der Waals surface area contributed by atoms with E-state index in [-0.39, 0.29) is 23.8 Å². The fourth-order valence-electron chi connectivity index (χ4n) is 4.09. The molecule has 0 spiro atoms. The lowest BCUT2D eigenvalue weighted by Crippen LogP contribution is -2.43. The van der Waals surface area contributed by atoms with Crippen LogP contribution in [0.15, 0.2) is 48.5 Å². The summed E-state index contributed by atoms with van der Waals surface area (Å²) in [4.78, 5) is 27.3. The third kappa shape index (κ3) is 6.25. The van der Waals surface area contributed by atoms with E-state index in [1.165, 1.54) is 5.56 Å². The van der Waals surface area contributed by atoms with Crippen molar-refractivity contribution >= 4 is 11.8 Å². The van der Waals surface area contributed by atoms with Gasteiger partial charge in [-0.3, -0.25) is 9.59 Å². The molecule has 6 heteroatoms. The van der Waals surface area contributed by atoms with Gasteiger partial charge in [-0.15, -0.1) is 0 Å². The zero-order valence-corrected chi connectivity index (χ0v) is 19.3. The number of nitrogens with zero attached hydrogens (tertiary/aromatic N) is 1. The van der Waals surface area contributed by atoms with Crippen molar-refractivity contribution in [3.05, 3.63) is 59.7 Å². The predicted molar refractivity (Wildman–Crippen MR) is 125 cm³/mol. The number of amides is 2. The zero-order valence-electron chi connectivity index (χ0n) is 19.3. The maximum absolute atomic E-state index is 12.8. The number of benzene rings is 2. The molecular formula is C26H34N2O4. The number of hydrogen-bond donors (Lipinski definition) is 1. The quantitative estimate of drug-likeness (QED) is 0.639. The maximum Gasteiger partial charge on any atom is 0.223 e. The molecule has 1 aliphatic heterocycles. The fraction of sp³-hybridized carbons (Fsp3) is 0.462. The van der Waals surface area contributed by atoms with Crippen LogP contribution in [0.25, 0.3) is 0 Å². The van der Waals surface area contributed by atoms with Crippen molar-refractivity contribution in [1.29, 1.82) is 0 Å². The number of methoxy groups -OCH3 is 1. The van der Waals surface area contributed by atoms with Gasteiger partial charge in [0.25, 0.3) is 0 Å². The van der Waals surface area contributed by atoms with Gasteiger partial charge in [-0.2, -0.15) is 0 Å². The van der Waals surface area contributed by atoms with Crippen LogP contribution in [0.1, 0.15) is 50.3 Å². The number of piperidine rings is 1. The number of carbonyl (C=O) groups excluding carboxylic acids is 2. The van der Waals surface area contributed by atoms with Crippen LogP contribution in [-0.2, 0) is 16.0 Å². The van der Waals surface area contributed by atoms with E-state index in [0.717, 1.165) is 12.0 Å². The third-order valence-electron chi connectivity index (χ3n) is 6.04. The van der Waals surface area contributed by atoms with Gasteiger partial charge < -0.3 is 19.7 Å². The van der Waals surface area contributed by atoms with Gasteiger partial charge in [-0.05, 0) is 56.4 Å². The molecule has 1 atom stereocenters. The van der Waals surface area contributed by atoms with Crippen molar-refractivity contribution in [3.63, 3.8) is 0 Å². The van der Waals surface area contributed by atoms with E-state index < -0.39 is 0 Å². The molecule has 0 aromatic heterocycles. The van der Waals surface area contributed by atoms with E-state index in [1.54, 1.807) is 7.11 Å². The van der Waals surface area contributed by atoms with Crippen LogP contribution >= 0.6 is 0 Å². The molecule has 2 aromatic rings. The summed E-state index contributed by atoms with van der Waals surface area (Å²) in [5.74, 6) is 1.50. The minimum atomic E-state index is -0.141. The molecule has 2 amide bonds. The molecular weight excluding hydrogens is 404 g/mol. The highest BCUT2D eigenvalue weighted by molar-refractivity contribution is 5.80. The van der Waals surface area contributed by atoms with Crippen LogP contribution in [0.5, 0.6) is 11.5 Å². The standard InChI is InChI=1S/C26H34N2O4/c1-4-32-23-12-11-22(18-24(23)31-3)19(2)27-26(30)21-14-16-28(17-15-21)25(29)13-10-20-8-6-5-7-9-20/h5-9,11-12,18-19,21H,4,10,13-17H2,1-3H3,(H,27,30). The first-order valence-electron chi connectivity index (χ1n) is 11.4. The molecule has 6 nitrogen and oxygen atoms in total. The number of rotatable bonds is 9. The first kappa shape index (κ1) is 23.6. The smallest absolute Gasteiger partial charge is 0.223 e. The van der Waals surface area contributed by atoms with Gasteiger partial charge in [-0.25, -0.2) is 0 Å². The van der Waals surface area contributed by atoms with Crippen molar-refractivity contribution in [2.45, 2.75) is 45.6 Å². The SMILES string of the molecule is CCOc1ccc(C(C)NC(=O)C2CCN(C(=O)CCc3ccccc3)CC2)cc1OC. The number of nitrogens with one attached hydrogen (secondary N) is 1. The van der Waals surface area contributed by atoms with Crippen LogP contribution in [0.2, 0.25) is 0 Å². The summed E-state index contributed by atoms with van der Waals surface area (Å²) in [6, 6.07) is 15.7. The summed E-state index contributed by atoms with van der Waals surface area (Å²) in [5, 5.41) is 3.12. The first-order chi connectivity index (χ1) is 15.5. The lowest BCUT2D eigenvalue weighted by molar-refractivity contribution is -0.135.